The van der Waals surface area contributed by atoms with Crippen LogP contribution < -0.4 is 5.73 Å². The lowest BCUT2D eigenvalue weighted by molar-refractivity contribution is 0.345. The number of nitrogens with two attached hydrogens (primary N) is 1. The van der Waals surface area contributed by atoms with E-state index < -0.39 is 0 Å². The van der Waals surface area contributed by atoms with Crippen LogP contribution in [0.3, 0.4) is 0 Å². The maximum absolute atomic E-state index is 5.76. The van der Waals surface area contributed by atoms with E-state index in [-0.39, 0.29) is 0 Å². The molecule has 2 heterocycles. The van der Waals surface area contributed by atoms with Crippen LogP contribution in [0.1, 0.15) is 18.7 Å². The maximum Gasteiger partial charge on any atom is 0.227 e. The molecule has 1 aliphatic heterocycles. The first kappa shape index (κ1) is 12.5. The van der Waals surface area contributed by atoms with Crippen LogP contribution in [0.25, 0.3) is 11.4 Å². The Morgan fingerprint density at radius 3 is 2.95 bits per heavy atom. The molecule has 0 amide bonds. The molecule has 0 bridgehead atoms. The van der Waals surface area contributed by atoms with E-state index in [2.05, 4.69) is 10.1 Å². The zero-order valence-electron chi connectivity index (χ0n) is 10.7. The predicted octanol–water partition coefficient (Wildman–Crippen LogP) is 3.00. The van der Waals surface area contributed by atoms with Crippen LogP contribution in [-0.2, 0) is 6.42 Å². The monoisotopic (exact) mass is 275 g/mol. The van der Waals surface area contributed by atoms with Crippen molar-refractivity contribution in [2.75, 3.05) is 17.2 Å². The van der Waals surface area contributed by atoms with Crippen LogP contribution in [0.15, 0.2) is 28.8 Å². The van der Waals surface area contributed by atoms with E-state index in [0.717, 1.165) is 17.9 Å². The summed E-state index contributed by atoms with van der Waals surface area (Å²) >= 11 is 2.03. The molecule has 0 atom stereocenters. The Bertz CT molecular complexity index is 549. The fourth-order valence-electron chi connectivity index (χ4n) is 2.33. The Morgan fingerprint density at radius 2 is 2.16 bits per heavy atom. The summed E-state index contributed by atoms with van der Waals surface area (Å²) in [6.07, 6.45) is 3.40. The third kappa shape index (κ3) is 3.10. The minimum Gasteiger partial charge on any atom is -0.399 e. The Balaban J connectivity index is 1.72. The standard InChI is InChI=1S/C14H17N3OS/c15-12-3-1-2-11(9-12)14-16-13(18-17-14)8-10-4-6-19-7-5-10/h1-3,9-10H,4-8,15H2. The zero-order chi connectivity index (χ0) is 13.1. The molecule has 0 spiro atoms. The van der Waals surface area contributed by atoms with E-state index in [0.29, 0.717) is 17.4 Å². The van der Waals surface area contributed by atoms with E-state index in [1.807, 2.05) is 36.0 Å². The number of nitrogen functional groups attached to an aromatic ring is 1. The molecule has 1 fully saturated rings. The van der Waals surface area contributed by atoms with Crippen LogP contribution in [0.5, 0.6) is 0 Å². The first-order chi connectivity index (χ1) is 9.31. The second kappa shape index (κ2) is 5.65. The average molecular weight is 275 g/mol. The lowest BCUT2D eigenvalue weighted by atomic mass is 9.99. The van der Waals surface area contributed by atoms with Gasteiger partial charge in [0.1, 0.15) is 0 Å². The van der Waals surface area contributed by atoms with Crippen molar-refractivity contribution in [3.8, 4) is 11.4 Å². The van der Waals surface area contributed by atoms with Gasteiger partial charge in [-0.1, -0.05) is 17.3 Å². The van der Waals surface area contributed by atoms with Gasteiger partial charge < -0.3 is 10.3 Å². The molecule has 1 aliphatic rings. The predicted molar refractivity (Wildman–Crippen MR) is 77.9 cm³/mol. The van der Waals surface area contributed by atoms with Gasteiger partial charge in [-0.25, -0.2) is 0 Å². The van der Waals surface area contributed by atoms with Crippen molar-refractivity contribution < 1.29 is 4.52 Å². The molecule has 0 saturated carbocycles. The summed E-state index contributed by atoms with van der Waals surface area (Å²) in [4.78, 5) is 4.48. The fraction of sp³-hybridized carbons (Fsp3) is 0.429. The van der Waals surface area contributed by atoms with E-state index in [1.165, 1.54) is 24.3 Å². The average Bonchev–Trinajstić information content (AvgIpc) is 2.88. The lowest BCUT2D eigenvalue weighted by Crippen LogP contribution is -2.12. The van der Waals surface area contributed by atoms with Gasteiger partial charge in [-0.3, -0.25) is 0 Å². The number of hydrogen-bond acceptors (Lipinski definition) is 5. The highest BCUT2D eigenvalue weighted by atomic mass is 32.2. The van der Waals surface area contributed by atoms with Crippen LogP contribution in [-0.4, -0.2) is 21.6 Å². The summed E-state index contributed by atoms with van der Waals surface area (Å²) in [5.41, 5.74) is 7.39. The van der Waals surface area contributed by atoms with Gasteiger partial charge in [-0.15, -0.1) is 0 Å². The fourth-order valence-corrected chi connectivity index (χ4v) is 3.53. The molecular weight excluding hydrogens is 258 g/mol. The van der Waals surface area contributed by atoms with Crippen molar-refractivity contribution in [3.63, 3.8) is 0 Å². The Kier molecular flexibility index (Phi) is 3.73. The van der Waals surface area contributed by atoms with E-state index in [9.17, 15) is 0 Å². The Hall–Kier alpha value is -1.49. The second-order valence-corrected chi connectivity index (χ2v) is 6.12. The number of aromatic nitrogens is 2. The van der Waals surface area contributed by atoms with Crippen molar-refractivity contribution in [2.45, 2.75) is 19.3 Å². The Labute approximate surface area is 116 Å². The normalized spacial score (nSPS) is 16.6. The van der Waals surface area contributed by atoms with Gasteiger partial charge in [-0.05, 0) is 42.4 Å². The number of hydrogen-bond donors (Lipinski definition) is 1. The van der Waals surface area contributed by atoms with Crippen molar-refractivity contribution in [1.82, 2.24) is 10.1 Å². The summed E-state index contributed by atoms with van der Waals surface area (Å²) in [5, 5.41) is 4.05. The number of thioether (sulfide) groups is 1. The second-order valence-electron chi connectivity index (χ2n) is 4.90. The zero-order valence-corrected chi connectivity index (χ0v) is 11.5. The Morgan fingerprint density at radius 1 is 1.32 bits per heavy atom. The van der Waals surface area contributed by atoms with Gasteiger partial charge in [0.15, 0.2) is 0 Å². The number of benzene rings is 1. The largest absolute Gasteiger partial charge is 0.399 e. The summed E-state index contributed by atoms with van der Waals surface area (Å²) in [5.74, 6) is 4.57. The maximum atomic E-state index is 5.76. The summed E-state index contributed by atoms with van der Waals surface area (Å²) in [6.45, 7) is 0. The topological polar surface area (TPSA) is 64.9 Å². The third-order valence-electron chi connectivity index (χ3n) is 3.42. The van der Waals surface area contributed by atoms with Crippen LogP contribution >= 0.6 is 11.8 Å². The van der Waals surface area contributed by atoms with Crippen molar-refractivity contribution in [1.29, 1.82) is 0 Å². The quantitative estimate of drug-likeness (QED) is 0.872. The third-order valence-corrected chi connectivity index (χ3v) is 4.47. The summed E-state index contributed by atoms with van der Waals surface area (Å²) in [6, 6.07) is 7.57. The molecule has 5 heteroatoms. The first-order valence-corrected chi connectivity index (χ1v) is 7.73. The van der Waals surface area contributed by atoms with Gasteiger partial charge in [0.2, 0.25) is 11.7 Å². The molecule has 2 N–H and O–H groups in total. The lowest BCUT2D eigenvalue weighted by Gasteiger charge is -2.19. The molecule has 3 rings (SSSR count). The molecule has 100 valence electrons. The van der Waals surface area contributed by atoms with E-state index >= 15 is 0 Å². The highest BCUT2D eigenvalue weighted by molar-refractivity contribution is 7.99. The highest BCUT2D eigenvalue weighted by Crippen LogP contribution is 2.26. The molecule has 0 aliphatic carbocycles. The van der Waals surface area contributed by atoms with Gasteiger partial charge in [0.05, 0.1) is 0 Å². The van der Waals surface area contributed by atoms with Gasteiger partial charge >= 0.3 is 0 Å². The molecule has 19 heavy (non-hydrogen) atoms. The highest BCUT2D eigenvalue weighted by Gasteiger charge is 2.18. The molecule has 0 unspecified atom stereocenters. The van der Waals surface area contributed by atoms with Crippen LogP contribution in [0.2, 0.25) is 0 Å². The number of nitrogens with zero attached hydrogens (tertiary/aromatic N) is 2. The molecule has 1 saturated heterocycles. The molecular formula is C14H17N3OS. The minimum absolute atomic E-state index is 0.632. The van der Waals surface area contributed by atoms with Crippen molar-refractivity contribution in [3.05, 3.63) is 30.2 Å². The summed E-state index contributed by atoms with van der Waals surface area (Å²) < 4.78 is 5.35. The van der Waals surface area contributed by atoms with E-state index in [4.69, 9.17) is 10.3 Å². The van der Waals surface area contributed by atoms with Gasteiger partial charge in [-0.2, -0.15) is 16.7 Å². The minimum atomic E-state index is 0.632. The number of rotatable bonds is 3. The first-order valence-electron chi connectivity index (χ1n) is 6.57. The van der Waals surface area contributed by atoms with Gasteiger partial charge in [0.25, 0.3) is 0 Å². The van der Waals surface area contributed by atoms with Crippen molar-refractivity contribution >= 4 is 17.4 Å². The van der Waals surface area contributed by atoms with Gasteiger partial charge in [0, 0.05) is 17.7 Å². The number of anilines is 1. The molecule has 2 aromatic rings. The summed E-state index contributed by atoms with van der Waals surface area (Å²) in [7, 11) is 0. The van der Waals surface area contributed by atoms with Crippen LogP contribution in [0, 0.1) is 5.92 Å². The molecule has 1 aromatic carbocycles. The van der Waals surface area contributed by atoms with Crippen molar-refractivity contribution in [2.24, 2.45) is 5.92 Å². The smallest absolute Gasteiger partial charge is 0.227 e. The molecule has 1 aromatic heterocycles. The molecule has 4 nitrogen and oxygen atoms in total. The SMILES string of the molecule is Nc1cccc(-c2noc(CC3CCSCC3)n2)c1. The van der Waals surface area contributed by atoms with Crippen LogP contribution in [0.4, 0.5) is 5.69 Å². The van der Waals surface area contributed by atoms with E-state index in [1.54, 1.807) is 0 Å². The molecule has 0 radical (unpaired) electrons.